The van der Waals surface area contributed by atoms with Crippen LogP contribution in [0.2, 0.25) is 0 Å². The molecule has 0 aliphatic heterocycles. The van der Waals surface area contributed by atoms with E-state index in [9.17, 15) is 18.0 Å². The van der Waals surface area contributed by atoms with Crippen LogP contribution in [-0.2, 0) is 32.6 Å². The largest absolute Gasteiger partial charge is 0.494 e. The average Bonchev–Trinajstić information content (AvgIpc) is 3.07. The smallest absolute Gasteiger partial charge is 0.264 e. The molecule has 0 unspecified atom stereocenters. The van der Waals surface area contributed by atoms with E-state index in [-0.39, 0.29) is 35.2 Å². The molecular formula is C36H39BrFN3O5S. The van der Waals surface area contributed by atoms with Crippen LogP contribution in [0.25, 0.3) is 0 Å². The average molecular weight is 725 g/mol. The van der Waals surface area contributed by atoms with Crippen molar-refractivity contribution in [3.8, 4) is 5.75 Å². The quantitative estimate of drug-likeness (QED) is 0.147. The third-order valence-corrected chi connectivity index (χ3v) is 10.0. The number of ether oxygens (including phenoxy) is 1. The molecule has 4 aromatic rings. The normalized spacial score (nSPS) is 12.5. The summed E-state index contributed by atoms with van der Waals surface area (Å²) in [7, 11) is -4.28. The minimum atomic E-state index is -4.28. The summed E-state index contributed by atoms with van der Waals surface area (Å²) in [6.07, 6.45) is 0.786. The van der Waals surface area contributed by atoms with E-state index in [2.05, 4.69) is 21.2 Å². The van der Waals surface area contributed by atoms with Crippen LogP contribution in [0.3, 0.4) is 0 Å². The standard InChI is InChI=1S/C36H39BrFN3O5S/c1-4-26(3)39-36(43)34(23-27-11-7-6-8-12-27)40(24-28-13-9-10-14-33(28)38)35(42)25-41(30-17-19-31(20-18-30)46-5-2)47(44,45)32-21-15-29(37)16-22-32/h6-22,26,34H,4-5,23-25H2,1-3H3,(H,39,43)/t26-,34+/m0/s1. The molecule has 1 N–H and O–H groups in total. The lowest BCUT2D eigenvalue weighted by Gasteiger charge is -2.34. The van der Waals surface area contributed by atoms with Crippen molar-refractivity contribution in [2.24, 2.45) is 0 Å². The van der Waals surface area contributed by atoms with Crippen LogP contribution < -0.4 is 14.4 Å². The van der Waals surface area contributed by atoms with Crippen LogP contribution >= 0.6 is 15.9 Å². The number of amides is 2. The highest BCUT2D eigenvalue weighted by Crippen LogP contribution is 2.28. The summed E-state index contributed by atoms with van der Waals surface area (Å²) in [5.41, 5.74) is 1.20. The Kier molecular flexibility index (Phi) is 12.6. The van der Waals surface area contributed by atoms with Crippen molar-refractivity contribution in [2.45, 2.75) is 57.1 Å². The summed E-state index contributed by atoms with van der Waals surface area (Å²) < 4.78 is 50.7. The first-order valence-corrected chi connectivity index (χ1v) is 17.6. The van der Waals surface area contributed by atoms with Gasteiger partial charge in [0, 0.05) is 29.0 Å². The number of hydrogen-bond donors (Lipinski definition) is 1. The number of hydrogen-bond acceptors (Lipinski definition) is 5. The molecule has 47 heavy (non-hydrogen) atoms. The van der Waals surface area contributed by atoms with E-state index < -0.39 is 40.2 Å². The number of nitrogens with one attached hydrogen (secondary N) is 1. The van der Waals surface area contributed by atoms with Crippen LogP contribution in [0.1, 0.15) is 38.3 Å². The third kappa shape index (κ3) is 9.42. The molecule has 0 saturated heterocycles. The second-order valence-corrected chi connectivity index (χ2v) is 13.8. The van der Waals surface area contributed by atoms with Crippen LogP contribution in [0.15, 0.2) is 112 Å². The van der Waals surface area contributed by atoms with Crippen LogP contribution in [0.5, 0.6) is 5.75 Å². The van der Waals surface area contributed by atoms with Crippen molar-refractivity contribution >= 4 is 43.5 Å². The Labute approximate surface area is 284 Å². The van der Waals surface area contributed by atoms with Crippen LogP contribution in [0, 0.1) is 5.82 Å². The molecule has 8 nitrogen and oxygen atoms in total. The van der Waals surface area contributed by atoms with Crippen molar-refractivity contribution in [2.75, 3.05) is 17.5 Å². The van der Waals surface area contributed by atoms with E-state index in [1.165, 1.54) is 23.1 Å². The molecule has 0 saturated carbocycles. The summed E-state index contributed by atoms with van der Waals surface area (Å²) in [6.45, 7) is 5.14. The highest BCUT2D eigenvalue weighted by atomic mass is 79.9. The number of halogens is 2. The predicted octanol–water partition coefficient (Wildman–Crippen LogP) is 6.74. The van der Waals surface area contributed by atoms with Crippen molar-refractivity contribution in [3.63, 3.8) is 0 Å². The Morgan fingerprint density at radius 2 is 1.53 bits per heavy atom. The fourth-order valence-electron chi connectivity index (χ4n) is 4.94. The van der Waals surface area contributed by atoms with Crippen molar-refractivity contribution in [1.82, 2.24) is 10.2 Å². The summed E-state index contributed by atoms with van der Waals surface area (Å²) in [4.78, 5) is 29.7. The molecule has 248 valence electrons. The SMILES string of the molecule is CCOc1ccc(N(CC(=O)N(Cc2ccccc2F)[C@H](Cc2ccccc2)C(=O)N[C@@H](C)CC)S(=O)(=O)c2ccc(Br)cc2)cc1. The fraction of sp³-hybridized carbons (Fsp3) is 0.278. The van der Waals surface area contributed by atoms with Gasteiger partial charge in [0.05, 0.1) is 17.2 Å². The highest BCUT2D eigenvalue weighted by Gasteiger charge is 2.35. The Morgan fingerprint density at radius 1 is 0.894 bits per heavy atom. The highest BCUT2D eigenvalue weighted by molar-refractivity contribution is 9.10. The first-order valence-electron chi connectivity index (χ1n) is 15.4. The minimum absolute atomic E-state index is 0.0293. The minimum Gasteiger partial charge on any atom is -0.494 e. The van der Waals surface area contributed by atoms with Gasteiger partial charge in [-0.15, -0.1) is 0 Å². The second kappa shape index (κ2) is 16.6. The molecule has 0 radical (unpaired) electrons. The molecule has 0 bridgehead atoms. The summed E-state index contributed by atoms with van der Waals surface area (Å²) >= 11 is 3.34. The number of nitrogens with zero attached hydrogens (tertiary/aromatic N) is 2. The molecule has 4 rings (SSSR count). The van der Waals surface area contributed by atoms with E-state index in [4.69, 9.17) is 4.74 Å². The monoisotopic (exact) mass is 723 g/mol. The van der Waals surface area contributed by atoms with Gasteiger partial charge in [-0.05, 0) is 80.4 Å². The molecule has 4 aromatic carbocycles. The van der Waals surface area contributed by atoms with Gasteiger partial charge in [-0.3, -0.25) is 13.9 Å². The van der Waals surface area contributed by atoms with Gasteiger partial charge >= 0.3 is 0 Å². The first kappa shape index (κ1) is 35.6. The maximum atomic E-state index is 15.1. The third-order valence-electron chi connectivity index (χ3n) is 7.69. The predicted molar refractivity (Wildman–Crippen MR) is 185 cm³/mol. The Balaban J connectivity index is 1.81. The molecule has 2 atom stereocenters. The molecular weight excluding hydrogens is 685 g/mol. The lowest BCUT2D eigenvalue weighted by Crippen LogP contribution is -2.54. The van der Waals surface area contributed by atoms with Gasteiger partial charge in [0.25, 0.3) is 10.0 Å². The zero-order chi connectivity index (χ0) is 34.0. The second-order valence-electron chi connectivity index (χ2n) is 11.0. The van der Waals surface area contributed by atoms with E-state index in [0.717, 1.165) is 9.87 Å². The van der Waals surface area contributed by atoms with E-state index in [1.807, 2.05) is 51.1 Å². The molecule has 2 amide bonds. The van der Waals surface area contributed by atoms with Gasteiger partial charge in [-0.1, -0.05) is 71.4 Å². The zero-order valence-corrected chi connectivity index (χ0v) is 29.0. The van der Waals surface area contributed by atoms with Gasteiger partial charge in [0.15, 0.2) is 0 Å². The van der Waals surface area contributed by atoms with Gasteiger partial charge in [-0.25, -0.2) is 12.8 Å². The van der Waals surface area contributed by atoms with E-state index >= 15 is 4.39 Å². The molecule has 0 heterocycles. The number of anilines is 1. The van der Waals surface area contributed by atoms with Crippen molar-refractivity contribution < 1.29 is 27.1 Å². The van der Waals surface area contributed by atoms with Crippen molar-refractivity contribution in [1.29, 1.82) is 0 Å². The lowest BCUT2D eigenvalue weighted by atomic mass is 10.0. The number of benzene rings is 4. The summed E-state index contributed by atoms with van der Waals surface area (Å²) in [5, 5.41) is 2.97. The number of rotatable bonds is 15. The molecule has 0 aromatic heterocycles. The number of carbonyl (C=O) groups is 2. The van der Waals surface area contributed by atoms with Crippen molar-refractivity contribution in [3.05, 3.63) is 125 Å². The number of carbonyl (C=O) groups excluding carboxylic acids is 2. The maximum Gasteiger partial charge on any atom is 0.264 e. The number of sulfonamides is 1. The summed E-state index contributed by atoms with van der Waals surface area (Å²) in [5.74, 6) is -1.11. The Hall–Kier alpha value is -4.22. The van der Waals surface area contributed by atoms with Gasteiger partial charge in [0.2, 0.25) is 11.8 Å². The first-order chi connectivity index (χ1) is 22.5. The molecule has 0 aliphatic carbocycles. The Bertz CT molecular complexity index is 1740. The molecule has 11 heteroatoms. The van der Waals surface area contributed by atoms with Gasteiger partial charge < -0.3 is 15.0 Å². The van der Waals surface area contributed by atoms with E-state index in [1.54, 1.807) is 54.6 Å². The Morgan fingerprint density at radius 3 is 2.15 bits per heavy atom. The zero-order valence-electron chi connectivity index (χ0n) is 26.6. The lowest BCUT2D eigenvalue weighted by molar-refractivity contribution is -0.140. The van der Waals surface area contributed by atoms with Gasteiger partial charge in [-0.2, -0.15) is 0 Å². The van der Waals surface area contributed by atoms with E-state index in [0.29, 0.717) is 23.2 Å². The molecule has 0 spiro atoms. The topological polar surface area (TPSA) is 96.0 Å². The molecule has 0 fully saturated rings. The van der Waals surface area contributed by atoms with Crippen LogP contribution in [-0.4, -0.2) is 50.4 Å². The van der Waals surface area contributed by atoms with Crippen LogP contribution in [0.4, 0.5) is 10.1 Å². The van der Waals surface area contributed by atoms with Gasteiger partial charge in [0.1, 0.15) is 24.2 Å². The maximum absolute atomic E-state index is 15.1. The fourth-order valence-corrected chi connectivity index (χ4v) is 6.62. The molecule has 0 aliphatic rings. The summed E-state index contributed by atoms with van der Waals surface area (Å²) in [6, 6.07) is 26.4.